The first-order chi connectivity index (χ1) is 14.2. The maximum absolute atomic E-state index is 12.1. The Hall–Kier alpha value is -3.31. The van der Waals surface area contributed by atoms with Crippen molar-refractivity contribution in [1.29, 1.82) is 0 Å². The topological polar surface area (TPSA) is 56.1 Å². The van der Waals surface area contributed by atoms with E-state index in [1.165, 1.54) is 11.6 Å². The summed E-state index contributed by atoms with van der Waals surface area (Å²) in [6, 6.07) is 13.7. The number of carbonyl (C=O) groups is 1. The maximum atomic E-state index is 12.1. The Labute approximate surface area is 174 Å². The molecule has 3 aromatic rings. The molecule has 1 aromatic heterocycles. The van der Waals surface area contributed by atoms with Gasteiger partial charge in [0.1, 0.15) is 12.4 Å². The van der Waals surface area contributed by atoms with Crippen molar-refractivity contribution in [3.63, 3.8) is 0 Å². The highest BCUT2D eigenvalue weighted by Gasteiger charge is 2.10. The molecule has 29 heavy (non-hydrogen) atoms. The molecule has 0 spiro atoms. The number of aromatic nitrogens is 2. The molecule has 0 aliphatic carbocycles. The fourth-order valence-corrected chi connectivity index (χ4v) is 3.23. The van der Waals surface area contributed by atoms with E-state index in [1.54, 1.807) is 24.7 Å². The molecule has 2 aromatic carbocycles. The van der Waals surface area contributed by atoms with Crippen molar-refractivity contribution in [1.82, 2.24) is 14.9 Å². The molecule has 0 fully saturated rings. The van der Waals surface area contributed by atoms with Crippen LogP contribution in [0.1, 0.15) is 16.7 Å². The summed E-state index contributed by atoms with van der Waals surface area (Å²) >= 11 is 6.03. The summed E-state index contributed by atoms with van der Waals surface area (Å²) in [5.74, 6) is 0.651. The van der Waals surface area contributed by atoms with Crippen LogP contribution in [-0.4, -0.2) is 22.1 Å². The van der Waals surface area contributed by atoms with Gasteiger partial charge in [0.2, 0.25) is 5.91 Å². The fourth-order valence-electron chi connectivity index (χ4n) is 3.05. The van der Waals surface area contributed by atoms with Crippen LogP contribution in [0.2, 0.25) is 5.02 Å². The van der Waals surface area contributed by atoms with Crippen LogP contribution in [0.5, 0.6) is 5.75 Å². The van der Waals surface area contributed by atoms with E-state index < -0.39 is 0 Å². The zero-order valence-corrected chi connectivity index (χ0v) is 16.5. The van der Waals surface area contributed by atoms with Crippen molar-refractivity contribution in [3.05, 3.63) is 101 Å². The first-order valence-electron chi connectivity index (χ1n) is 9.28. The zero-order valence-electron chi connectivity index (χ0n) is 15.7. The van der Waals surface area contributed by atoms with Crippen LogP contribution in [0.3, 0.4) is 0 Å². The summed E-state index contributed by atoms with van der Waals surface area (Å²) in [5, 5.41) is 3.56. The van der Waals surface area contributed by atoms with Crippen LogP contribution in [0, 0.1) is 0 Å². The molecule has 2 heterocycles. The van der Waals surface area contributed by atoms with Crippen molar-refractivity contribution in [2.24, 2.45) is 0 Å². The van der Waals surface area contributed by atoms with E-state index in [0.29, 0.717) is 18.2 Å². The van der Waals surface area contributed by atoms with Gasteiger partial charge in [-0.1, -0.05) is 41.9 Å². The lowest BCUT2D eigenvalue weighted by Crippen LogP contribution is -2.20. The number of nitrogens with zero attached hydrogens (tertiary/aromatic N) is 2. The normalized spacial score (nSPS) is 12.9. The molecule has 146 valence electrons. The fraction of sp³-hybridized carbons (Fsp3) is 0.130. The van der Waals surface area contributed by atoms with Gasteiger partial charge in [0, 0.05) is 42.1 Å². The van der Waals surface area contributed by atoms with Gasteiger partial charge in [0.15, 0.2) is 0 Å². The number of hydrogen-bond donors (Lipinski definition) is 1. The number of hydrogen-bond acceptors (Lipinski definition) is 3. The first kappa shape index (κ1) is 19.0. The van der Waals surface area contributed by atoms with E-state index in [2.05, 4.69) is 22.4 Å². The first-order valence-corrected chi connectivity index (χ1v) is 9.66. The molecule has 0 saturated carbocycles. The largest absolute Gasteiger partial charge is 0.488 e. The lowest BCUT2D eigenvalue weighted by Gasteiger charge is -2.16. The Kier molecular flexibility index (Phi) is 5.77. The van der Waals surface area contributed by atoms with E-state index in [4.69, 9.17) is 16.3 Å². The van der Waals surface area contributed by atoms with Crippen molar-refractivity contribution < 1.29 is 9.53 Å². The average molecular weight is 406 g/mol. The minimum absolute atomic E-state index is 0.148. The maximum Gasteiger partial charge on any atom is 0.244 e. The number of ether oxygens (including phenoxy) is 1. The molecule has 1 N–H and O–H groups in total. The van der Waals surface area contributed by atoms with Gasteiger partial charge in [0.25, 0.3) is 0 Å². The number of fused-ring (bicyclic) bond motifs is 1. The van der Waals surface area contributed by atoms with E-state index in [9.17, 15) is 4.79 Å². The lowest BCUT2D eigenvalue weighted by atomic mass is 10.1. The van der Waals surface area contributed by atoms with Gasteiger partial charge < -0.3 is 14.6 Å². The minimum atomic E-state index is -0.148. The summed E-state index contributed by atoms with van der Waals surface area (Å²) in [4.78, 5) is 16.2. The summed E-state index contributed by atoms with van der Waals surface area (Å²) < 4.78 is 7.70. The summed E-state index contributed by atoms with van der Waals surface area (Å²) in [7, 11) is 0. The Morgan fingerprint density at radius 2 is 2.03 bits per heavy atom. The van der Waals surface area contributed by atoms with Gasteiger partial charge in [-0.05, 0) is 41.0 Å². The van der Waals surface area contributed by atoms with Crippen molar-refractivity contribution in [3.8, 4) is 5.75 Å². The number of imidazole rings is 1. The van der Waals surface area contributed by atoms with Gasteiger partial charge in [0.05, 0.1) is 6.33 Å². The third-order valence-electron chi connectivity index (χ3n) is 4.57. The molecule has 6 heteroatoms. The zero-order chi connectivity index (χ0) is 20.1. The lowest BCUT2D eigenvalue weighted by molar-refractivity contribution is -0.116. The predicted octanol–water partition coefficient (Wildman–Crippen LogP) is 4.23. The molecule has 4 rings (SSSR count). The summed E-state index contributed by atoms with van der Waals surface area (Å²) in [6.45, 7) is 1.68. The van der Waals surface area contributed by atoms with Crippen molar-refractivity contribution in [2.45, 2.75) is 13.1 Å². The van der Waals surface area contributed by atoms with Gasteiger partial charge >= 0.3 is 0 Å². The van der Waals surface area contributed by atoms with E-state index in [0.717, 1.165) is 29.0 Å². The van der Waals surface area contributed by atoms with Crippen LogP contribution >= 0.6 is 11.6 Å². The van der Waals surface area contributed by atoms with Crippen LogP contribution in [0.4, 0.5) is 0 Å². The number of amides is 1. The molecule has 0 bridgehead atoms. The quantitative estimate of drug-likeness (QED) is 0.624. The second-order valence-corrected chi connectivity index (χ2v) is 7.23. The predicted molar refractivity (Wildman–Crippen MR) is 114 cm³/mol. The molecule has 0 atom stereocenters. The van der Waals surface area contributed by atoms with Crippen LogP contribution in [-0.2, 0) is 17.9 Å². The molecule has 0 unspecified atom stereocenters. The number of halogens is 1. The highest BCUT2D eigenvalue weighted by atomic mass is 35.5. The Morgan fingerprint density at radius 1 is 1.21 bits per heavy atom. The SMILES string of the molecule is O=C(/C=C/C1=Cc2cc(Cl)ccc2OC1)NCc1ccc(Cn2ccnc2)cc1. The smallest absolute Gasteiger partial charge is 0.244 e. The molecular formula is C23H20ClN3O2. The third kappa shape index (κ3) is 5.15. The van der Waals surface area contributed by atoms with E-state index in [1.807, 2.05) is 41.1 Å². The van der Waals surface area contributed by atoms with Gasteiger partial charge in [-0.15, -0.1) is 0 Å². The highest BCUT2D eigenvalue weighted by molar-refractivity contribution is 6.30. The standard InChI is InChI=1S/C23H20ClN3O2/c24-21-6-7-22-20(12-21)11-19(15-29-22)5-8-23(28)26-13-17-1-3-18(4-2-17)14-27-10-9-25-16-27/h1-12,16H,13-15H2,(H,26,28)/b8-5+. The average Bonchev–Trinajstić information content (AvgIpc) is 3.24. The number of benzene rings is 2. The van der Waals surface area contributed by atoms with E-state index in [-0.39, 0.29) is 5.91 Å². The molecule has 0 radical (unpaired) electrons. The third-order valence-corrected chi connectivity index (χ3v) is 4.81. The second-order valence-electron chi connectivity index (χ2n) is 6.79. The second kappa shape index (κ2) is 8.80. The Morgan fingerprint density at radius 3 is 2.83 bits per heavy atom. The Balaban J connectivity index is 1.30. The van der Waals surface area contributed by atoms with Crippen LogP contribution < -0.4 is 10.1 Å². The van der Waals surface area contributed by atoms with Crippen molar-refractivity contribution in [2.75, 3.05) is 6.61 Å². The summed E-state index contributed by atoms with van der Waals surface area (Å²) in [5.41, 5.74) is 4.06. The number of rotatable bonds is 6. The molecule has 1 aliphatic rings. The van der Waals surface area contributed by atoms with Gasteiger partial charge in [-0.3, -0.25) is 4.79 Å². The van der Waals surface area contributed by atoms with E-state index >= 15 is 0 Å². The number of carbonyl (C=O) groups excluding carboxylic acids is 1. The van der Waals surface area contributed by atoms with Gasteiger partial charge in [-0.25, -0.2) is 4.98 Å². The molecule has 1 aliphatic heterocycles. The monoisotopic (exact) mass is 405 g/mol. The molecule has 5 nitrogen and oxygen atoms in total. The minimum Gasteiger partial charge on any atom is -0.488 e. The Bertz CT molecular complexity index is 1050. The molecule has 0 saturated heterocycles. The van der Waals surface area contributed by atoms with Gasteiger partial charge in [-0.2, -0.15) is 0 Å². The highest BCUT2D eigenvalue weighted by Crippen LogP contribution is 2.29. The number of nitrogens with one attached hydrogen (secondary N) is 1. The van der Waals surface area contributed by atoms with Crippen molar-refractivity contribution >= 4 is 23.6 Å². The van der Waals surface area contributed by atoms with Crippen LogP contribution in [0.15, 0.2) is 78.9 Å². The molecular weight excluding hydrogens is 386 g/mol. The van der Waals surface area contributed by atoms with Crippen LogP contribution in [0.25, 0.3) is 6.08 Å². The summed E-state index contributed by atoms with van der Waals surface area (Å²) in [6.07, 6.45) is 10.8. The molecule has 1 amide bonds.